The molecular formula is C13H21N3O. The van der Waals surface area contributed by atoms with E-state index in [-0.39, 0.29) is 0 Å². The van der Waals surface area contributed by atoms with Crippen molar-refractivity contribution in [3.8, 4) is 0 Å². The molecule has 0 amide bonds. The van der Waals surface area contributed by atoms with Crippen LogP contribution in [0.15, 0.2) is 17.8 Å². The first-order valence-electron chi connectivity index (χ1n) is 5.95. The molecule has 0 spiro atoms. The highest BCUT2D eigenvalue weighted by Crippen LogP contribution is 2.06. The van der Waals surface area contributed by atoms with Gasteiger partial charge in [-0.3, -0.25) is 0 Å². The monoisotopic (exact) mass is 235 g/mol. The van der Waals surface area contributed by atoms with E-state index in [0.717, 1.165) is 37.6 Å². The zero-order valence-electron chi connectivity index (χ0n) is 10.9. The summed E-state index contributed by atoms with van der Waals surface area (Å²) in [4.78, 5) is 8.45. The van der Waals surface area contributed by atoms with Gasteiger partial charge in [0.1, 0.15) is 5.82 Å². The molecular weight excluding hydrogens is 214 g/mol. The molecule has 0 saturated heterocycles. The van der Waals surface area contributed by atoms with Crippen LogP contribution < -0.4 is 5.32 Å². The molecule has 0 atom stereocenters. The summed E-state index contributed by atoms with van der Waals surface area (Å²) in [5, 5.41) is 3.34. The molecule has 0 aromatic carbocycles. The maximum absolute atomic E-state index is 4.99. The summed E-state index contributed by atoms with van der Waals surface area (Å²) in [5.41, 5.74) is 2.31. The second kappa shape index (κ2) is 7.92. The molecule has 0 radical (unpaired) electrons. The van der Waals surface area contributed by atoms with Crippen LogP contribution in [-0.4, -0.2) is 36.8 Å². The number of rotatable bonds is 7. The molecule has 1 N–H and O–H groups in total. The zero-order chi connectivity index (χ0) is 12.5. The lowest BCUT2D eigenvalue weighted by Crippen LogP contribution is -2.21. The average molecular weight is 235 g/mol. The number of aromatic nitrogens is 2. The molecule has 17 heavy (non-hydrogen) atoms. The standard InChI is InChI=1S/C13H21N3O/c1-4-12(10-14-7-8-17-3)9-13-5-6-15-11(2)16-13/h5-6,9,14H,4,7-8,10H2,1-3H3/b12-9-. The minimum absolute atomic E-state index is 0.740. The van der Waals surface area contributed by atoms with Gasteiger partial charge in [-0.1, -0.05) is 12.5 Å². The number of methoxy groups -OCH3 is 1. The van der Waals surface area contributed by atoms with E-state index in [4.69, 9.17) is 4.74 Å². The van der Waals surface area contributed by atoms with Crippen LogP contribution in [0.2, 0.25) is 0 Å². The van der Waals surface area contributed by atoms with Gasteiger partial charge in [0, 0.05) is 26.4 Å². The van der Waals surface area contributed by atoms with Crippen molar-refractivity contribution in [1.29, 1.82) is 0 Å². The zero-order valence-corrected chi connectivity index (χ0v) is 10.9. The Morgan fingerprint density at radius 2 is 2.35 bits per heavy atom. The van der Waals surface area contributed by atoms with Crippen molar-refractivity contribution in [2.24, 2.45) is 0 Å². The molecule has 1 aromatic heterocycles. The normalized spacial score (nSPS) is 11.8. The van der Waals surface area contributed by atoms with E-state index in [2.05, 4.69) is 28.3 Å². The Kier molecular flexibility index (Phi) is 6.43. The molecule has 0 fully saturated rings. The van der Waals surface area contributed by atoms with E-state index >= 15 is 0 Å². The quantitative estimate of drug-likeness (QED) is 0.732. The predicted octanol–water partition coefficient (Wildman–Crippen LogP) is 1.81. The van der Waals surface area contributed by atoms with Crippen LogP contribution in [0.25, 0.3) is 6.08 Å². The summed E-state index contributed by atoms with van der Waals surface area (Å²) in [5.74, 6) is 0.807. The van der Waals surface area contributed by atoms with Crippen LogP contribution in [0.1, 0.15) is 24.9 Å². The van der Waals surface area contributed by atoms with Crippen LogP contribution in [0.3, 0.4) is 0 Å². The molecule has 1 aromatic rings. The predicted molar refractivity (Wildman–Crippen MR) is 69.8 cm³/mol. The molecule has 1 heterocycles. The molecule has 0 aliphatic rings. The number of hydrogen-bond acceptors (Lipinski definition) is 4. The number of hydrogen-bond donors (Lipinski definition) is 1. The van der Waals surface area contributed by atoms with Gasteiger partial charge in [-0.2, -0.15) is 0 Å². The van der Waals surface area contributed by atoms with Crippen LogP contribution in [0, 0.1) is 6.92 Å². The highest BCUT2D eigenvalue weighted by atomic mass is 16.5. The lowest BCUT2D eigenvalue weighted by molar-refractivity contribution is 0.200. The van der Waals surface area contributed by atoms with Crippen LogP contribution in [0.5, 0.6) is 0 Å². The fourth-order valence-corrected chi connectivity index (χ4v) is 1.47. The van der Waals surface area contributed by atoms with E-state index < -0.39 is 0 Å². The molecule has 0 saturated carbocycles. The molecule has 0 aliphatic carbocycles. The van der Waals surface area contributed by atoms with Gasteiger partial charge in [-0.25, -0.2) is 9.97 Å². The van der Waals surface area contributed by atoms with Gasteiger partial charge >= 0.3 is 0 Å². The van der Waals surface area contributed by atoms with E-state index in [1.54, 1.807) is 13.3 Å². The Labute approximate surface area is 103 Å². The van der Waals surface area contributed by atoms with E-state index in [0.29, 0.717) is 0 Å². The van der Waals surface area contributed by atoms with Crippen molar-refractivity contribution in [2.75, 3.05) is 26.8 Å². The van der Waals surface area contributed by atoms with Gasteiger partial charge in [-0.15, -0.1) is 0 Å². The Hall–Kier alpha value is -1.26. The maximum Gasteiger partial charge on any atom is 0.125 e. The molecule has 94 valence electrons. The Morgan fingerprint density at radius 3 is 3.00 bits per heavy atom. The molecule has 0 unspecified atom stereocenters. The largest absolute Gasteiger partial charge is 0.383 e. The summed E-state index contributed by atoms with van der Waals surface area (Å²) < 4.78 is 4.99. The molecule has 4 nitrogen and oxygen atoms in total. The molecule has 0 bridgehead atoms. The first-order chi connectivity index (χ1) is 8.26. The van der Waals surface area contributed by atoms with Gasteiger partial charge in [0.15, 0.2) is 0 Å². The number of ether oxygens (including phenoxy) is 1. The molecule has 1 rings (SSSR count). The Morgan fingerprint density at radius 1 is 1.53 bits per heavy atom. The Bertz CT molecular complexity index is 363. The number of nitrogens with one attached hydrogen (secondary N) is 1. The van der Waals surface area contributed by atoms with E-state index in [9.17, 15) is 0 Å². The topological polar surface area (TPSA) is 47.0 Å². The van der Waals surface area contributed by atoms with E-state index in [1.807, 2.05) is 13.0 Å². The van der Waals surface area contributed by atoms with Gasteiger partial charge in [0.2, 0.25) is 0 Å². The first-order valence-corrected chi connectivity index (χ1v) is 5.95. The summed E-state index contributed by atoms with van der Waals surface area (Å²) in [6.45, 7) is 6.54. The fourth-order valence-electron chi connectivity index (χ4n) is 1.47. The number of aryl methyl sites for hydroxylation is 1. The maximum atomic E-state index is 4.99. The van der Waals surface area contributed by atoms with Crippen LogP contribution in [0.4, 0.5) is 0 Å². The summed E-state index contributed by atoms with van der Waals surface area (Å²) >= 11 is 0. The second-order valence-corrected chi connectivity index (χ2v) is 3.85. The van der Waals surface area contributed by atoms with Gasteiger partial charge in [0.05, 0.1) is 12.3 Å². The summed E-state index contributed by atoms with van der Waals surface area (Å²) in [7, 11) is 1.71. The van der Waals surface area contributed by atoms with Crippen molar-refractivity contribution >= 4 is 6.08 Å². The Balaban J connectivity index is 2.54. The van der Waals surface area contributed by atoms with Gasteiger partial charge in [-0.05, 0) is 25.5 Å². The van der Waals surface area contributed by atoms with Gasteiger partial charge < -0.3 is 10.1 Å². The first kappa shape index (κ1) is 13.8. The van der Waals surface area contributed by atoms with Crippen LogP contribution in [-0.2, 0) is 4.74 Å². The third-order valence-corrected chi connectivity index (χ3v) is 2.44. The highest BCUT2D eigenvalue weighted by molar-refractivity contribution is 5.48. The minimum atomic E-state index is 0.740. The van der Waals surface area contributed by atoms with Crippen molar-refractivity contribution < 1.29 is 4.74 Å². The smallest absolute Gasteiger partial charge is 0.125 e. The van der Waals surface area contributed by atoms with Crippen molar-refractivity contribution in [1.82, 2.24) is 15.3 Å². The van der Waals surface area contributed by atoms with Crippen molar-refractivity contribution in [3.05, 3.63) is 29.4 Å². The van der Waals surface area contributed by atoms with Crippen molar-refractivity contribution in [2.45, 2.75) is 20.3 Å². The van der Waals surface area contributed by atoms with E-state index in [1.165, 1.54) is 5.57 Å². The lowest BCUT2D eigenvalue weighted by Gasteiger charge is -2.07. The third kappa shape index (κ3) is 5.56. The molecule has 0 aliphatic heterocycles. The summed E-state index contributed by atoms with van der Waals surface area (Å²) in [6, 6.07) is 1.93. The van der Waals surface area contributed by atoms with Crippen molar-refractivity contribution in [3.63, 3.8) is 0 Å². The van der Waals surface area contributed by atoms with Crippen LogP contribution >= 0.6 is 0 Å². The SMILES string of the molecule is CC/C(=C/c1ccnc(C)n1)CNCCOC. The molecule has 4 heteroatoms. The third-order valence-electron chi connectivity index (χ3n) is 2.44. The number of nitrogens with zero attached hydrogens (tertiary/aromatic N) is 2. The average Bonchev–Trinajstić information content (AvgIpc) is 2.33. The second-order valence-electron chi connectivity index (χ2n) is 3.85. The minimum Gasteiger partial charge on any atom is -0.383 e. The highest BCUT2D eigenvalue weighted by Gasteiger charge is 1.97. The van der Waals surface area contributed by atoms with Gasteiger partial charge in [0.25, 0.3) is 0 Å². The lowest BCUT2D eigenvalue weighted by atomic mass is 10.1. The summed E-state index contributed by atoms with van der Waals surface area (Å²) in [6.07, 6.45) is 4.93. The fraction of sp³-hybridized carbons (Fsp3) is 0.538.